The van der Waals surface area contributed by atoms with Gasteiger partial charge in [0, 0.05) is 23.3 Å². The molecule has 1 aliphatic carbocycles. The van der Waals surface area contributed by atoms with E-state index in [1.165, 1.54) is 6.42 Å². The van der Waals surface area contributed by atoms with Gasteiger partial charge < -0.3 is 5.32 Å². The number of hydrogen-bond acceptors (Lipinski definition) is 3. The third kappa shape index (κ3) is 4.27. The molecule has 30 heavy (non-hydrogen) atoms. The molecule has 0 atom stereocenters. The van der Waals surface area contributed by atoms with Gasteiger partial charge in [-0.3, -0.25) is 9.62 Å². The summed E-state index contributed by atoms with van der Waals surface area (Å²) in [5.74, 6) is 0. The van der Waals surface area contributed by atoms with Crippen molar-refractivity contribution in [2.24, 2.45) is 0 Å². The van der Waals surface area contributed by atoms with Crippen LogP contribution in [0.25, 0.3) is 0 Å². The summed E-state index contributed by atoms with van der Waals surface area (Å²) in [6, 6.07) is 10.2. The zero-order valence-corrected chi connectivity index (χ0v) is 18.5. The molecular weight excluding hydrogens is 422 g/mol. The van der Waals surface area contributed by atoms with Gasteiger partial charge in [0.05, 0.1) is 10.6 Å². The molecule has 4 rings (SSSR count). The van der Waals surface area contributed by atoms with Crippen LogP contribution in [0.3, 0.4) is 0 Å². The Labute approximate surface area is 182 Å². The van der Waals surface area contributed by atoms with Crippen molar-refractivity contribution in [1.82, 2.24) is 5.32 Å². The molecule has 1 fully saturated rings. The van der Waals surface area contributed by atoms with E-state index >= 15 is 0 Å². The van der Waals surface area contributed by atoms with E-state index in [1.807, 2.05) is 0 Å². The van der Waals surface area contributed by atoms with Crippen molar-refractivity contribution in [2.75, 3.05) is 16.2 Å². The number of nitrogens with zero attached hydrogens (tertiary/aromatic N) is 1. The SMILES string of the molecule is Cc1c(Cl)cccc1NS(=O)(=O)c1ccc2c(c1)CCN2C(=O)NC1CCCCC1. The van der Waals surface area contributed by atoms with E-state index in [9.17, 15) is 13.2 Å². The quantitative estimate of drug-likeness (QED) is 0.702. The molecule has 0 saturated heterocycles. The predicted molar refractivity (Wildman–Crippen MR) is 120 cm³/mol. The molecule has 2 aliphatic rings. The molecule has 2 aromatic carbocycles. The van der Waals surface area contributed by atoms with Crippen LogP contribution in [0.4, 0.5) is 16.2 Å². The Bertz CT molecular complexity index is 1070. The maximum Gasteiger partial charge on any atom is 0.322 e. The highest BCUT2D eigenvalue weighted by molar-refractivity contribution is 7.92. The maximum atomic E-state index is 12.9. The van der Waals surface area contributed by atoms with Gasteiger partial charge in [0.15, 0.2) is 0 Å². The highest BCUT2D eigenvalue weighted by Gasteiger charge is 2.28. The van der Waals surface area contributed by atoms with E-state index in [-0.39, 0.29) is 17.0 Å². The lowest BCUT2D eigenvalue weighted by molar-refractivity contribution is 0.238. The molecule has 1 saturated carbocycles. The smallest absolute Gasteiger partial charge is 0.322 e. The van der Waals surface area contributed by atoms with Crippen LogP contribution in [-0.4, -0.2) is 27.0 Å². The average molecular weight is 448 g/mol. The zero-order chi connectivity index (χ0) is 21.3. The van der Waals surface area contributed by atoms with Gasteiger partial charge in [0.25, 0.3) is 10.0 Å². The second-order valence-electron chi connectivity index (χ2n) is 7.99. The molecule has 0 bridgehead atoms. The summed E-state index contributed by atoms with van der Waals surface area (Å²) in [6.45, 7) is 2.32. The molecule has 2 aromatic rings. The molecule has 160 valence electrons. The molecule has 8 heteroatoms. The highest BCUT2D eigenvalue weighted by Crippen LogP contribution is 2.32. The third-order valence-electron chi connectivity index (χ3n) is 5.95. The molecule has 0 unspecified atom stereocenters. The van der Waals surface area contributed by atoms with Gasteiger partial charge >= 0.3 is 6.03 Å². The predicted octanol–water partition coefficient (Wildman–Crippen LogP) is 4.85. The van der Waals surface area contributed by atoms with Crippen LogP contribution in [0.5, 0.6) is 0 Å². The Morgan fingerprint density at radius 2 is 1.90 bits per heavy atom. The summed E-state index contributed by atoms with van der Waals surface area (Å²) < 4.78 is 28.4. The molecule has 6 nitrogen and oxygen atoms in total. The number of fused-ring (bicyclic) bond motifs is 1. The van der Waals surface area contributed by atoms with E-state index in [1.54, 1.807) is 48.2 Å². The van der Waals surface area contributed by atoms with Crippen LogP contribution in [0.1, 0.15) is 43.2 Å². The number of benzene rings is 2. The lowest BCUT2D eigenvalue weighted by Crippen LogP contribution is -2.45. The van der Waals surface area contributed by atoms with Gasteiger partial charge in [0.1, 0.15) is 0 Å². The molecule has 0 aromatic heterocycles. The number of anilines is 2. The normalized spacial score (nSPS) is 16.9. The Balaban J connectivity index is 1.51. The minimum absolute atomic E-state index is 0.0936. The first kappa shape index (κ1) is 21.0. The van der Waals surface area contributed by atoms with Gasteiger partial charge in [-0.2, -0.15) is 0 Å². The van der Waals surface area contributed by atoms with E-state index in [2.05, 4.69) is 10.0 Å². The summed E-state index contributed by atoms with van der Waals surface area (Å²) in [5.41, 5.74) is 2.77. The Morgan fingerprint density at radius 1 is 1.13 bits per heavy atom. The topological polar surface area (TPSA) is 78.5 Å². The van der Waals surface area contributed by atoms with E-state index in [0.29, 0.717) is 29.2 Å². The van der Waals surface area contributed by atoms with Crippen molar-refractivity contribution in [3.05, 3.63) is 52.5 Å². The van der Waals surface area contributed by atoms with E-state index in [0.717, 1.165) is 36.9 Å². The van der Waals surface area contributed by atoms with Gasteiger partial charge in [-0.05, 0) is 67.6 Å². The Kier molecular flexibility index (Phi) is 5.93. The first-order valence-electron chi connectivity index (χ1n) is 10.3. The number of carbonyl (C=O) groups is 1. The average Bonchev–Trinajstić information content (AvgIpc) is 3.15. The van der Waals surface area contributed by atoms with Gasteiger partial charge in [0.2, 0.25) is 0 Å². The fraction of sp³-hybridized carbons (Fsp3) is 0.409. The van der Waals surface area contributed by atoms with Crippen molar-refractivity contribution in [2.45, 2.75) is 56.4 Å². The van der Waals surface area contributed by atoms with Crippen molar-refractivity contribution in [3.8, 4) is 0 Å². The number of halogens is 1. The van der Waals surface area contributed by atoms with E-state index in [4.69, 9.17) is 11.6 Å². The van der Waals surface area contributed by atoms with Gasteiger partial charge in [-0.25, -0.2) is 13.2 Å². The molecular formula is C22H26ClN3O3S. The number of sulfonamides is 1. The molecule has 1 aliphatic heterocycles. The largest absolute Gasteiger partial charge is 0.335 e. The summed E-state index contributed by atoms with van der Waals surface area (Å²) in [4.78, 5) is 14.6. The molecule has 0 spiro atoms. The minimum Gasteiger partial charge on any atom is -0.335 e. The number of nitrogens with one attached hydrogen (secondary N) is 2. The van der Waals surface area contributed by atoms with Gasteiger partial charge in [-0.1, -0.05) is 36.9 Å². The number of rotatable bonds is 4. The zero-order valence-electron chi connectivity index (χ0n) is 16.9. The number of amides is 2. The summed E-state index contributed by atoms with van der Waals surface area (Å²) in [7, 11) is -3.76. The van der Waals surface area contributed by atoms with Crippen LogP contribution >= 0.6 is 11.6 Å². The third-order valence-corrected chi connectivity index (χ3v) is 7.72. The number of carbonyl (C=O) groups excluding carboxylic acids is 1. The van der Waals surface area contributed by atoms with Crippen LogP contribution < -0.4 is 14.9 Å². The number of urea groups is 1. The fourth-order valence-corrected chi connectivity index (χ4v) is 5.53. The van der Waals surface area contributed by atoms with Crippen LogP contribution in [-0.2, 0) is 16.4 Å². The minimum atomic E-state index is -3.76. The summed E-state index contributed by atoms with van der Waals surface area (Å²) in [5, 5.41) is 3.64. The number of hydrogen-bond donors (Lipinski definition) is 2. The van der Waals surface area contributed by atoms with Crippen molar-refractivity contribution >= 4 is 39.0 Å². The Morgan fingerprint density at radius 3 is 2.67 bits per heavy atom. The first-order valence-corrected chi connectivity index (χ1v) is 12.2. The second kappa shape index (κ2) is 8.47. The molecule has 2 amide bonds. The van der Waals surface area contributed by atoms with Crippen molar-refractivity contribution < 1.29 is 13.2 Å². The molecule has 0 radical (unpaired) electrons. The van der Waals surface area contributed by atoms with Gasteiger partial charge in [-0.15, -0.1) is 0 Å². The fourth-order valence-electron chi connectivity index (χ4n) is 4.18. The summed E-state index contributed by atoms with van der Waals surface area (Å²) in [6.07, 6.45) is 6.23. The van der Waals surface area contributed by atoms with Crippen molar-refractivity contribution in [1.29, 1.82) is 0 Å². The standard InChI is InChI=1S/C22H26ClN3O3S/c1-15-19(23)8-5-9-20(15)25-30(28,29)18-10-11-21-16(14-18)12-13-26(21)22(27)24-17-6-3-2-4-7-17/h5,8-11,14,17,25H,2-4,6-7,12-13H2,1H3,(H,24,27). The van der Waals surface area contributed by atoms with Crippen LogP contribution in [0, 0.1) is 6.92 Å². The highest BCUT2D eigenvalue weighted by atomic mass is 35.5. The van der Waals surface area contributed by atoms with Crippen molar-refractivity contribution in [3.63, 3.8) is 0 Å². The van der Waals surface area contributed by atoms with Crippen LogP contribution in [0.2, 0.25) is 5.02 Å². The first-order chi connectivity index (χ1) is 14.3. The monoisotopic (exact) mass is 447 g/mol. The van der Waals surface area contributed by atoms with E-state index < -0.39 is 10.0 Å². The second-order valence-corrected chi connectivity index (χ2v) is 10.1. The Hall–Kier alpha value is -2.25. The lowest BCUT2D eigenvalue weighted by Gasteiger charge is -2.26. The lowest BCUT2D eigenvalue weighted by atomic mass is 9.96. The molecule has 2 N–H and O–H groups in total. The summed E-state index contributed by atoms with van der Waals surface area (Å²) >= 11 is 6.10. The molecule has 1 heterocycles. The maximum absolute atomic E-state index is 12.9. The van der Waals surface area contributed by atoms with Crippen LogP contribution in [0.15, 0.2) is 41.3 Å².